The van der Waals surface area contributed by atoms with Gasteiger partial charge >= 0.3 is 11.9 Å². The topological polar surface area (TPSA) is 93.2 Å². The van der Waals surface area contributed by atoms with Crippen molar-refractivity contribution in [2.75, 3.05) is 29.8 Å². The minimum Gasteiger partial charge on any atom is -0.465 e. The highest BCUT2D eigenvalue weighted by Gasteiger charge is 2.66. The van der Waals surface area contributed by atoms with Gasteiger partial charge in [0.15, 0.2) is 0 Å². The molecule has 0 aliphatic carbocycles. The summed E-state index contributed by atoms with van der Waals surface area (Å²) < 4.78 is 9.84. The molecule has 3 aliphatic rings. The first-order valence-corrected chi connectivity index (χ1v) is 14.3. The number of esters is 2. The normalized spacial score (nSPS) is 24.0. The third-order valence-electron chi connectivity index (χ3n) is 8.50. The zero-order chi connectivity index (χ0) is 29.3. The van der Waals surface area contributed by atoms with Gasteiger partial charge in [0.2, 0.25) is 10.8 Å². The first-order chi connectivity index (χ1) is 19.5. The van der Waals surface area contributed by atoms with Crippen LogP contribution >= 0.6 is 11.8 Å². The van der Waals surface area contributed by atoms with Crippen LogP contribution in [0.25, 0.3) is 0 Å². The molecule has 1 saturated heterocycles. The highest BCUT2D eigenvalue weighted by Crippen LogP contribution is 2.63. The summed E-state index contributed by atoms with van der Waals surface area (Å²) in [5.74, 6) is -1.83. The van der Waals surface area contributed by atoms with Gasteiger partial charge in [-0.05, 0) is 49.6 Å². The number of amides is 2. The van der Waals surface area contributed by atoms with Crippen LogP contribution < -0.4 is 9.80 Å². The van der Waals surface area contributed by atoms with Crippen molar-refractivity contribution in [1.29, 1.82) is 0 Å². The van der Waals surface area contributed by atoms with E-state index in [1.165, 1.54) is 49.1 Å². The van der Waals surface area contributed by atoms with E-state index in [0.717, 1.165) is 16.8 Å². The number of ether oxygens (including phenoxy) is 2. The molecule has 0 saturated carbocycles. The largest absolute Gasteiger partial charge is 0.465 e. The maximum atomic E-state index is 14.8. The molecule has 3 heterocycles. The summed E-state index contributed by atoms with van der Waals surface area (Å²) in [7, 11) is 2.48. The first-order valence-electron chi connectivity index (χ1n) is 13.3. The highest BCUT2D eigenvalue weighted by atomic mass is 32.2. The molecule has 3 aromatic rings. The Balaban J connectivity index is 1.61. The molecule has 2 atom stereocenters. The molecular formula is C32H30N2O6S. The number of hydrogen-bond acceptors (Lipinski definition) is 7. The third kappa shape index (κ3) is 3.68. The van der Waals surface area contributed by atoms with E-state index in [1.54, 1.807) is 0 Å². The second kappa shape index (κ2) is 9.21. The van der Waals surface area contributed by atoms with E-state index in [-0.39, 0.29) is 39.8 Å². The van der Waals surface area contributed by atoms with Gasteiger partial charge in [-0.2, -0.15) is 0 Å². The van der Waals surface area contributed by atoms with Crippen molar-refractivity contribution in [3.8, 4) is 0 Å². The van der Waals surface area contributed by atoms with Gasteiger partial charge in [-0.3, -0.25) is 14.5 Å². The number of fused-ring (bicyclic) bond motifs is 1. The van der Waals surface area contributed by atoms with E-state index in [9.17, 15) is 19.2 Å². The molecule has 210 valence electrons. The number of thioether (sulfide) groups is 1. The van der Waals surface area contributed by atoms with Crippen LogP contribution in [-0.4, -0.2) is 49.3 Å². The van der Waals surface area contributed by atoms with E-state index in [4.69, 9.17) is 9.47 Å². The number of methoxy groups -OCH3 is 2. The molecule has 8 nitrogen and oxygen atoms in total. The molecule has 0 radical (unpaired) electrons. The molecule has 1 spiro atoms. The molecule has 2 amide bonds. The summed E-state index contributed by atoms with van der Waals surface area (Å²) in [6.45, 7) is 6.33. The monoisotopic (exact) mass is 570 g/mol. The van der Waals surface area contributed by atoms with Crippen LogP contribution in [0.5, 0.6) is 0 Å². The summed E-state index contributed by atoms with van der Waals surface area (Å²) >= 11 is 1.26. The maximum absolute atomic E-state index is 14.8. The van der Waals surface area contributed by atoms with Crippen molar-refractivity contribution < 1.29 is 28.7 Å². The van der Waals surface area contributed by atoms with Gasteiger partial charge in [-0.25, -0.2) is 9.59 Å². The summed E-state index contributed by atoms with van der Waals surface area (Å²) in [6.07, 6.45) is 0.672. The molecule has 1 fully saturated rings. The Bertz CT molecular complexity index is 1600. The molecule has 0 aromatic heterocycles. The van der Waals surface area contributed by atoms with Crippen molar-refractivity contribution >= 4 is 46.9 Å². The lowest BCUT2D eigenvalue weighted by molar-refractivity contribution is -0.124. The molecular weight excluding hydrogens is 540 g/mol. The summed E-state index contributed by atoms with van der Waals surface area (Å²) in [4.78, 5) is 55.5. The lowest BCUT2D eigenvalue weighted by atomic mass is 9.65. The Morgan fingerprint density at radius 2 is 1.41 bits per heavy atom. The van der Waals surface area contributed by atoms with Crippen LogP contribution in [0, 0.1) is 0 Å². The van der Waals surface area contributed by atoms with Crippen molar-refractivity contribution in [3.63, 3.8) is 0 Å². The number of para-hydroxylation sites is 1. The lowest BCUT2D eigenvalue weighted by Crippen LogP contribution is -2.58. The summed E-state index contributed by atoms with van der Waals surface area (Å²) in [6, 6.07) is 20.5. The average molecular weight is 571 g/mol. The Hall–Kier alpha value is -4.11. The van der Waals surface area contributed by atoms with Crippen LogP contribution in [0.2, 0.25) is 0 Å². The number of carbonyl (C=O) groups excluding carboxylic acids is 4. The number of hydrogen-bond donors (Lipinski definition) is 0. The zero-order valence-electron chi connectivity index (χ0n) is 23.5. The van der Waals surface area contributed by atoms with Crippen LogP contribution in [0.3, 0.4) is 0 Å². The van der Waals surface area contributed by atoms with E-state index < -0.39 is 22.3 Å². The van der Waals surface area contributed by atoms with Gasteiger partial charge in [0.25, 0.3) is 5.91 Å². The van der Waals surface area contributed by atoms with Crippen LogP contribution in [0.4, 0.5) is 11.4 Å². The second-order valence-corrected chi connectivity index (χ2v) is 12.6. The first kappa shape index (κ1) is 27.1. The fraction of sp³-hybridized carbons (Fsp3) is 0.312. The number of rotatable bonds is 4. The quantitative estimate of drug-likeness (QED) is 0.407. The number of benzene rings is 3. The van der Waals surface area contributed by atoms with Crippen LogP contribution in [0.1, 0.15) is 64.6 Å². The van der Waals surface area contributed by atoms with Crippen molar-refractivity contribution in [2.24, 2.45) is 0 Å². The van der Waals surface area contributed by atoms with Gasteiger partial charge in [0.05, 0.1) is 36.8 Å². The molecule has 9 heteroatoms. The van der Waals surface area contributed by atoms with E-state index in [0.29, 0.717) is 12.0 Å². The van der Waals surface area contributed by atoms with Gasteiger partial charge in [-0.1, -0.05) is 55.5 Å². The maximum Gasteiger partial charge on any atom is 0.337 e. The molecule has 0 bridgehead atoms. The van der Waals surface area contributed by atoms with E-state index in [1.807, 2.05) is 35.2 Å². The molecule has 0 N–H and O–H groups in total. The van der Waals surface area contributed by atoms with Crippen molar-refractivity contribution in [3.05, 3.63) is 94.5 Å². The molecule has 3 aromatic carbocycles. The number of anilines is 2. The van der Waals surface area contributed by atoms with Gasteiger partial charge in [0.1, 0.15) is 0 Å². The lowest BCUT2D eigenvalue weighted by Gasteiger charge is -2.50. The number of carbonyl (C=O) groups is 4. The van der Waals surface area contributed by atoms with Gasteiger partial charge in [0, 0.05) is 22.2 Å². The van der Waals surface area contributed by atoms with Crippen LogP contribution in [0.15, 0.2) is 66.7 Å². The Morgan fingerprint density at radius 1 is 0.805 bits per heavy atom. The minimum atomic E-state index is -1.41. The fourth-order valence-corrected chi connectivity index (χ4v) is 8.25. The molecule has 3 aliphatic heterocycles. The Morgan fingerprint density at radius 3 is 2.02 bits per heavy atom. The van der Waals surface area contributed by atoms with Gasteiger partial charge < -0.3 is 14.4 Å². The Kier molecular flexibility index (Phi) is 6.08. The smallest absolute Gasteiger partial charge is 0.337 e. The molecule has 0 unspecified atom stereocenters. The van der Waals surface area contributed by atoms with Crippen molar-refractivity contribution in [2.45, 2.75) is 43.0 Å². The fourth-order valence-electron chi connectivity index (χ4n) is 6.92. The van der Waals surface area contributed by atoms with Crippen LogP contribution in [-0.2, 0) is 29.3 Å². The van der Waals surface area contributed by atoms with E-state index in [2.05, 4.69) is 39.0 Å². The molecule has 6 rings (SSSR count). The summed E-state index contributed by atoms with van der Waals surface area (Å²) in [5, 5.41) is 0. The second-order valence-electron chi connectivity index (χ2n) is 11.4. The predicted octanol–water partition coefficient (Wildman–Crippen LogP) is 5.03. The minimum absolute atomic E-state index is 0.0512. The van der Waals surface area contributed by atoms with Crippen molar-refractivity contribution in [1.82, 2.24) is 0 Å². The Labute approximate surface area is 242 Å². The van der Waals surface area contributed by atoms with Gasteiger partial charge in [-0.15, -0.1) is 11.8 Å². The molecule has 41 heavy (non-hydrogen) atoms. The zero-order valence-corrected chi connectivity index (χ0v) is 24.3. The SMILES string of the molecule is COC(=O)c1cc(C(=O)OC)cc(N2C(=O)CS[C@@]23C(=O)N2c4c(cccc43)[C@](C)(c3ccccc3)CC2(C)C)c1. The average Bonchev–Trinajstić information content (AvgIpc) is 3.45. The third-order valence-corrected chi connectivity index (χ3v) is 9.89. The summed E-state index contributed by atoms with van der Waals surface area (Å²) in [5.41, 5.74) is 3.11. The number of nitrogens with zero attached hydrogens (tertiary/aromatic N) is 2. The predicted molar refractivity (Wildman–Crippen MR) is 156 cm³/mol. The highest BCUT2D eigenvalue weighted by molar-refractivity contribution is 8.02. The standard InChI is InChI=1S/C32H30N2O6S/c1-30(2)18-31(3,21-10-7-6-8-11-21)23-12-9-13-24-26(23)34(30)29(38)32(24)33(25(35)17-41-32)22-15-19(27(36)39-4)14-20(16-22)28(37)40-5/h6-16H,17-18H2,1-5H3/t31-,32-/m0/s1. The van der Waals surface area contributed by atoms with E-state index >= 15 is 0 Å².